The summed E-state index contributed by atoms with van der Waals surface area (Å²) >= 11 is 0. The Labute approximate surface area is 123 Å². The molecule has 0 fully saturated rings. The van der Waals surface area contributed by atoms with Gasteiger partial charge in [0.25, 0.3) is 0 Å². The Bertz CT molecular complexity index is 639. The minimum Gasteiger partial charge on any atom is -0.439 e. The van der Waals surface area contributed by atoms with Crippen LogP contribution in [-0.2, 0) is 0 Å². The van der Waals surface area contributed by atoms with Gasteiger partial charge in [0.15, 0.2) is 0 Å². The largest absolute Gasteiger partial charge is 0.439 e. The predicted molar refractivity (Wildman–Crippen MR) is 80.7 cm³/mol. The van der Waals surface area contributed by atoms with Crippen LogP contribution < -0.4 is 15.8 Å². The molecule has 6 nitrogen and oxygen atoms in total. The molecule has 0 bridgehead atoms. The van der Waals surface area contributed by atoms with E-state index in [9.17, 15) is 4.79 Å². The van der Waals surface area contributed by atoms with Crippen LogP contribution in [0.1, 0.15) is 35.7 Å². The summed E-state index contributed by atoms with van der Waals surface area (Å²) in [5.41, 5.74) is 6.55. The van der Waals surface area contributed by atoms with Gasteiger partial charge in [0.2, 0.25) is 11.8 Å². The lowest BCUT2D eigenvalue weighted by molar-refractivity contribution is 0.100. The molecule has 1 aromatic carbocycles. The summed E-state index contributed by atoms with van der Waals surface area (Å²) in [7, 11) is 1.81. The maximum atomic E-state index is 11.1. The van der Waals surface area contributed by atoms with Crippen LogP contribution >= 0.6 is 0 Å². The molecule has 0 saturated carbocycles. The molecule has 0 spiro atoms. The molecule has 0 unspecified atom stereocenters. The number of nitrogens with two attached hydrogens (primary N) is 1. The Morgan fingerprint density at radius 2 is 1.90 bits per heavy atom. The zero-order chi connectivity index (χ0) is 15.4. The summed E-state index contributed by atoms with van der Waals surface area (Å²) in [6.07, 6.45) is 1.45. The second-order valence-electron chi connectivity index (χ2n) is 4.84. The molecule has 2 aromatic rings. The average molecular weight is 286 g/mol. The van der Waals surface area contributed by atoms with Crippen LogP contribution in [0.2, 0.25) is 0 Å². The molecule has 1 amide bonds. The molecule has 0 aliphatic carbocycles. The van der Waals surface area contributed by atoms with Gasteiger partial charge >= 0.3 is 0 Å². The molecule has 1 aromatic heterocycles. The first-order valence-corrected chi connectivity index (χ1v) is 6.63. The van der Waals surface area contributed by atoms with E-state index in [0.717, 1.165) is 11.4 Å². The monoisotopic (exact) mass is 286 g/mol. The van der Waals surface area contributed by atoms with Gasteiger partial charge in [0.1, 0.15) is 17.9 Å². The summed E-state index contributed by atoms with van der Waals surface area (Å²) in [4.78, 5) is 19.4. The molecule has 1 heterocycles. The van der Waals surface area contributed by atoms with Crippen LogP contribution in [0, 0.1) is 0 Å². The summed E-state index contributed by atoms with van der Waals surface area (Å²) in [6.45, 7) is 4.09. The van der Waals surface area contributed by atoms with Gasteiger partial charge in [-0.25, -0.2) is 9.97 Å². The van der Waals surface area contributed by atoms with Crippen molar-refractivity contribution in [1.82, 2.24) is 9.97 Å². The minimum absolute atomic E-state index is 0.202. The number of ether oxygens (including phenoxy) is 1. The molecule has 21 heavy (non-hydrogen) atoms. The summed E-state index contributed by atoms with van der Waals surface area (Å²) < 4.78 is 5.80. The number of aromatic nitrogens is 2. The summed E-state index contributed by atoms with van der Waals surface area (Å²) in [5, 5.41) is 3.03. The molecule has 110 valence electrons. The molecule has 0 radical (unpaired) electrons. The third-order valence-corrected chi connectivity index (χ3v) is 3.01. The van der Waals surface area contributed by atoms with Gasteiger partial charge in [-0.15, -0.1) is 0 Å². The first kappa shape index (κ1) is 14.8. The Morgan fingerprint density at radius 3 is 2.43 bits per heavy atom. The zero-order valence-corrected chi connectivity index (χ0v) is 12.3. The Hall–Kier alpha value is -2.63. The average Bonchev–Trinajstić information content (AvgIpc) is 2.47. The number of rotatable bonds is 5. The highest BCUT2D eigenvalue weighted by atomic mass is 16.5. The van der Waals surface area contributed by atoms with E-state index >= 15 is 0 Å². The van der Waals surface area contributed by atoms with Gasteiger partial charge in [-0.2, -0.15) is 0 Å². The number of nitrogens with zero attached hydrogens (tertiary/aromatic N) is 2. The Balaban J connectivity index is 2.33. The van der Waals surface area contributed by atoms with E-state index < -0.39 is 5.91 Å². The molecule has 6 heteroatoms. The van der Waals surface area contributed by atoms with E-state index in [0.29, 0.717) is 17.2 Å². The van der Waals surface area contributed by atoms with Crippen molar-refractivity contribution in [3.05, 3.63) is 41.7 Å². The normalized spacial score (nSPS) is 10.5. The number of anilines is 1. The fourth-order valence-corrected chi connectivity index (χ4v) is 1.98. The molecule has 2 rings (SSSR count). The predicted octanol–water partition coefficient (Wildman–Crippen LogP) is 2.53. The van der Waals surface area contributed by atoms with Crippen molar-refractivity contribution in [2.75, 3.05) is 12.4 Å². The van der Waals surface area contributed by atoms with Crippen molar-refractivity contribution in [2.45, 2.75) is 19.8 Å². The van der Waals surface area contributed by atoms with Crippen molar-refractivity contribution in [3.8, 4) is 11.6 Å². The number of benzene rings is 1. The number of hydrogen-bond donors (Lipinski definition) is 2. The lowest BCUT2D eigenvalue weighted by Gasteiger charge is -2.15. The van der Waals surface area contributed by atoms with Crippen LogP contribution in [0.4, 0.5) is 5.82 Å². The van der Waals surface area contributed by atoms with Crippen LogP contribution in [0.5, 0.6) is 11.6 Å². The highest BCUT2D eigenvalue weighted by Gasteiger charge is 2.16. The van der Waals surface area contributed by atoms with Crippen molar-refractivity contribution < 1.29 is 9.53 Å². The van der Waals surface area contributed by atoms with Crippen LogP contribution in [0.15, 0.2) is 30.6 Å². The summed E-state index contributed by atoms with van der Waals surface area (Å²) in [6, 6.07) is 6.61. The number of nitrogens with one attached hydrogen (secondary N) is 1. The number of primary amides is 1. The highest BCUT2D eigenvalue weighted by molar-refractivity contribution is 5.92. The lowest BCUT2D eigenvalue weighted by Crippen LogP contribution is -2.10. The van der Waals surface area contributed by atoms with Gasteiger partial charge in [0.05, 0.1) is 5.56 Å². The fraction of sp³-hybridized carbons (Fsp3) is 0.267. The van der Waals surface area contributed by atoms with E-state index in [1.54, 1.807) is 31.3 Å². The van der Waals surface area contributed by atoms with Gasteiger partial charge in [-0.1, -0.05) is 13.8 Å². The van der Waals surface area contributed by atoms with Gasteiger partial charge in [0, 0.05) is 12.6 Å². The molecule has 0 saturated heterocycles. The number of carbonyl (C=O) groups excluding carboxylic acids is 1. The third-order valence-electron chi connectivity index (χ3n) is 3.01. The second-order valence-corrected chi connectivity index (χ2v) is 4.84. The number of amides is 1. The number of carbonyl (C=O) groups is 1. The van der Waals surface area contributed by atoms with E-state index in [4.69, 9.17) is 10.5 Å². The fourth-order valence-electron chi connectivity index (χ4n) is 1.98. The molecular formula is C15H18N4O2. The molecule has 0 atom stereocenters. The van der Waals surface area contributed by atoms with Crippen molar-refractivity contribution in [1.29, 1.82) is 0 Å². The first-order valence-electron chi connectivity index (χ1n) is 6.63. The third kappa shape index (κ3) is 3.28. The minimum atomic E-state index is -0.469. The number of hydrogen-bond acceptors (Lipinski definition) is 5. The van der Waals surface area contributed by atoms with Crippen LogP contribution in [0.3, 0.4) is 0 Å². The SMILES string of the molecule is CNc1ncnc(Oc2ccc(C(N)=O)cc2)c1C(C)C. The van der Waals surface area contributed by atoms with Crippen LogP contribution in [-0.4, -0.2) is 22.9 Å². The maximum absolute atomic E-state index is 11.1. The molecule has 0 aliphatic heterocycles. The van der Waals surface area contributed by atoms with Gasteiger partial charge in [-0.05, 0) is 30.2 Å². The summed E-state index contributed by atoms with van der Waals surface area (Å²) in [5.74, 6) is 1.56. The zero-order valence-electron chi connectivity index (χ0n) is 12.3. The lowest BCUT2D eigenvalue weighted by atomic mass is 10.1. The quantitative estimate of drug-likeness (QED) is 0.881. The standard InChI is InChI=1S/C15H18N4O2/c1-9(2)12-14(17-3)18-8-19-15(12)21-11-6-4-10(5-7-11)13(16)20/h4-9H,1-3H3,(H2,16,20)(H,17,18,19). The Kier molecular flexibility index (Phi) is 4.37. The Morgan fingerprint density at radius 1 is 1.24 bits per heavy atom. The topological polar surface area (TPSA) is 90.1 Å². The second kappa shape index (κ2) is 6.21. The molecule has 0 aliphatic rings. The first-order chi connectivity index (χ1) is 10.0. The van der Waals surface area contributed by atoms with Crippen LogP contribution in [0.25, 0.3) is 0 Å². The van der Waals surface area contributed by atoms with E-state index in [1.165, 1.54) is 6.33 Å². The molecular weight excluding hydrogens is 268 g/mol. The highest BCUT2D eigenvalue weighted by Crippen LogP contribution is 2.32. The maximum Gasteiger partial charge on any atom is 0.248 e. The van der Waals surface area contributed by atoms with Crippen molar-refractivity contribution >= 4 is 11.7 Å². The molecule has 3 N–H and O–H groups in total. The smallest absolute Gasteiger partial charge is 0.248 e. The van der Waals surface area contributed by atoms with E-state index in [2.05, 4.69) is 15.3 Å². The van der Waals surface area contributed by atoms with Gasteiger partial charge in [-0.3, -0.25) is 4.79 Å². The van der Waals surface area contributed by atoms with E-state index in [1.807, 2.05) is 13.8 Å². The van der Waals surface area contributed by atoms with E-state index in [-0.39, 0.29) is 5.92 Å². The van der Waals surface area contributed by atoms with Crippen molar-refractivity contribution in [3.63, 3.8) is 0 Å². The van der Waals surface area contributed by atoms with Gasteiger partial charge < -0.3 is 15.8 Å². The van der Waals surface area contributed by atoms with Crippen molar-refractivity contribution in [2.24, 2.45) is 5.73 Å².